The first kappa shape index (κ1) is 17.4. The number of rotatable bonds is 5. The molecule has 0 atom stereocenters. The second-order valence-electron chi connectivity index (χ2n) is 5.99. The third-order valence-corrected chi connectivity index (χ3v) is 3.94. The fourth-order valence-corrected chi connectivity index (χ4v) is 2.51. The number of halogens is 1. The van der Waals surface area contributed by atoms with Crippen molar-refractivity contribution in [2.45, 2.75) is 6.92 Å². The van der Waals surface area contributed by atoms with E-state index in [1.54, 1.807) is 30.3 Å². The Hall–Kier alpha value is -3.40. The Labute approximate surface area is 151 Å². The zero-order valence-electron chi connectivity index (χ0n) is 14.2. The predicted molar refractivity (Wildman–Crippen MR) is 103 cm³/mol. The minimum Gasteiger partial charge on any atom is -0.478 e. The predicted octanol–water partition coefficient (Wildman–Crippen LogP) is 5.75. The number of hydrogen-bond acceptors (Lipinski definition) is 2. The second-order valence-corrected chi connectivity index (χ2v) is 5.99. The molecule has 26 heavy (non-hydrogen) atoms. The van der Waals surface area contributed by atoms with Crippen LogP contribution in [0.5, 0.6) is 0 Å². The monoisotopic (exact) mass is 347 g/mol. The van der Waals surface area contributed by atoms with Crippen molar-refractivity contribution in [1.29, 1.82) is 0 Å². The molecule has 0 aromatic heterocycles. The molecular formula is C22H18FNO2. The Morgan fingerprint density at radius 3 is 2.19 bits per heavy atom. The Bertz CT molecular complexity index is 945. The second kappa shape index (κ2) is 7.66. The van der Waals surface area contributed by atoms with E-state index >= 15 is 0 Å². The minimum absolute atomic E-state index is 0.154. The van der Waals surface area contributed by atoms with Gasteiger partial charge in [-0.1, -0.05) is 48.0 Å². The SMILES string of the molecule is Cc1ccc(/C=C/c2ccc(C(=O)O)c(Nc3ccc(F)cc3)c2)cc1. The molecule has 2 N–H and O–H groups in total. The van der Waals surface area contributed by atoms with Gasteiger partial charge in [-0.3, -0.25) is 0 Å². The zero-order chi connectivity index (χ0) is 18.5. The van der Waals surface area contributed by atoms with Crippen LogP contribution in [-0.4, -0.2) is 11.1 Å². The quantitative estimate of drug-likeness (QED) is 0.578. The van der Waals surface area contributed by atoms with Gasteiger partial charge >= 0.3 is 5.97 Å². The molecule has 0 unspecified atom stereocenters. The number of carboxylic acid groups (broad SMARTS) is 1. The summed E-state index contributed by atoms with van der Waals surface area (Å²) < 4.78 is 13.1. The molecule has 3 rings (SSSR count). The molecule has 3 aromatic rings. The molecule has 3 nitrogen and oxygen atoms in total. The molecule has 0 heterocycles. The summed E-state index contributed by atoms with van der Waals surface area (Å²) >= 11 is 0. The van der Waals surface area contributed by atoms with E-state index in [9.17, 15) is 14.3 Å². The van der Waals surface area contributed by atoms with Gasteiger partial charge in [0.25, 0.3) is 0 Å². The summed E-state index contributed by atoms with van der Waals surface area (Å²) in [6.07, 6.45) is 3.89. The highest BCUT2D eigenvalue weighted by Crippen LogP contribution is 2.24. The van der Waals surface area contributed by atoms with Crippen LogP contribution in [0.3, 0.4) is 0 Å². The Morgan fingerprint density at radius 2 is 1.54 bits per heavy atom. The summed E-state index contributed by atoms with van der Waals surface area (Å²) in [7, 11) is 0. The van der Waals surface area contributed by atoms with Gasteiger partial charge in [0, 0.05) is 5.69 Å². The van der Waals surface area contributed by atoms with E-state index in [4.69, 9.17) is 0 Å². The molecule has 0 aliphatic carbocycles. The molecule has 0 spiro atoms. The molecule has 0 saturated carbocycles. The van der Waals surface area contributed by atoms with Gasteiger partial charge < -0.3 is 10.4 Å². The number of benzene rings is 3. The van der Waals surface area contributed by atoms with Crippen molar-refractivity contribution in [2.75, 3.05) is 5.32 Å². The van der Waals surface area contributed by atoms with Crippen LogP contribution in [0, 0.1) is 12.7 Å². The molecule has 130 valence electrons. The average Bonchev–Trinajstić information content (AvgIpc) is 2.63. The van der Waals surface area contributed by atoms with Gasteiger partial charge in [0.2, 0.25) is 0 Å². The minimum atomic E-state index is -1.02. The van der Waals surface area contributed by atoms with Crippen LogP contribution in [0.2, 0.25) is 0 Å². The first-order valence-corrected chi connectivity index (χ1v) is 8.16. The van der Waals surface area contributed by atoms with Gasteiger partial charge in [0.1, 0.15) is 5.82 Å². The third kappa shape index (κ3) is 4.36. The number of carboxylic acids is 1. The van der Waals surface area contributed by atoms with Gasteiger partial charge in [-0.25, -0.2) is 9.18 Å². The molecule has 0 bridgehead atoms. The molecular weight excluding hydrogens is 329 g/mol. The Morgan fingerprint density at radius 1 is 0.923 bits per heavy atom. The number of aryl methyl sites for hydroxylation is 1. The van der Waals surface area contributed by atoms with Crippen molar-refractivity contribution >= 4 is 29.5 Å². The van der Waals surface area contributed by atoms with Crippen LogP contribution in [0.1, 0.15) is 27.0 Å². The number of carbonyl (C=O) groups is 1. The Kier molecular flexibility index (Phi) is 5.13. The smallest absolute Gasteiger partial charge is 0.337 e. The van der Waals surface area contributed by atoms with Crippen LogP contribution < -0.4 is 5.32 Å². The molecule has 0 aliphatic heterocycles. The van der Waals surface area contributed by atoms with Gasteiger partial charge in [-0.15, -0.1) is 0 Å². The van der Waals surface area contributed by atoms with E-state index in [1.807, 2.05) is 43.3 Å². The molecule has 4 heteroatoms. The largest absolute Gasteiger partial charge is 0.478 e. The van der Waals surface area contributed by atoms with E-state index < -0.39 is 5.97 Å². The number of anilines is 2. The van der Waals surface area contributed by atoms with Crippen LogP contribution in [0.15, 0.2) is 66.7 Å². The lowest BCUT2D eigenvalue weighted by atomic mass is 10.1. The summed E-state index contributed by atoms with van der Waals surface area (Å²) in [5.74, 6) is -1.37. The van der Waals surface area contributed by atoms with Crippen LogP contribution in [-0.2, 0) is 0 Å². The van der Waals surface area contributed by atoms with Crippen molar-refractivity contribution < 1.29 is 14.3 Å². The number of nitrogens with one attached hydrogen (secondary N) is 1. The summed E-state index contributed by atoms with van der Waals surface area (Å²) in [6.45, 7) is 2.03. The van der Waals surface area contributed by atoms with Crippen molar-refractivity contribution in [3.05, 3.63) is 94.8 Å². The van der Waals surface area contributed by atoms with Crippen LogP contribution in [0.4, 0.5) is 15.8 Å². The summed E-state index contributed by atoms with van der Waals surface area (Å²) in [6, 6.07) is 19.0. The van der Waals surface area contributed by atoms with E-state index in [0.29, 0.717) is 11.4 Å². The lowest BCUT2D eigenvalue weighted by Gasteiger charge is -2.11. The molecule has 3 aromatic carbocycles. The molecule has 0 amide bonds. The van der Waals surface area contributed by atoms with Crippen molar-refractivity contribution in [1.82, 2.24) is 0 Å². The van der Waals surface area contributed by atoms with Crippen molar-refractivity contribution in [3.8, 4) is 0 Å². The van der Waals surface area contributed by atoms with Crippen molar-refractivity contribution in [3.63, 3.8) is 0 Å². The number of hydrogen-bond donors (Lipinski definition) is 2. The molecule has 0 fully saturated rings. The zero-order valence-corrected chi connectivity index (χ0v) is 14.2. The highest BCUT2D eigenvalue weighted by Gasteiger charge is 2.10. The topological polar surface area (TPSA) is 49.3 Å². The van der Waals surface area contributed by atoms with E-state index in [-0.39, 0.29) is 11.4 Å². The van der Waals surface area contributed by atoms with Crippen molar-refractivity contribution in [2.24, 2.45) is 0 Å². The number of aromatic carboxylic acids is 1. The van der Waals surface area contributed by atoms with Crippen LogP contribution >= 0.6 is 0 Å². The van der Waals surface area contributed by atoms with E-state index in [1.165, 1.54) is 17.7 Å². The molecule has 0 saturated heterocycles. The van der Waals surface area contributed by atoms with Gasteiger partial charge in [0.05, 0.1) is 11.3 Å². The lowest BCUT2D eigenvalue weighted by molar-refractivity contribution is 0.0698. The van der Waals surface area contributed by atoms with Gasteiger partial charge in [0.15, 0.2) is 0 Å². The van der Waals surface area contributed by atoms with Gasteiger partial charge in [-0.2, -0.15) is 0 Å². The maximum atomic E-state index is 13.1. The van der Waals surface area contributed by atoms with Crippen LogP contribution in [0.25, 0.3) is 12.2 Å². The standard InChI is InChI=1S/C22H18FNO2/c1-15-2-4-16(5-3-15)6-7-17-8-13-20(22(25)26)21(14-17)24-19-11-9-18(23)10-12-19/h2-14,24H,1H3,(H,25,26)/b7-6+. The first-order valence-electron chi connectivity index (χ1n) is 8.16. The maximum absolute atomic E-state index is 13.1. The fourth-order valence-electron chi connectivity index (χ4n) is 2.51. The van der Waals surface area contributed by atoms with E-state index in [0.717, 1.165) is 11.1 Å². The highest BCUT2D eigenvalue weighted by molar-refractivity contribution is 5.96. The Balaban J connectivity index is 1.89. The molecule has 0 aliphatic rings. The third-order valence-electron chi connectivity index (χ3n) is 3.94. The fraction of sp³-hybridized carbons (Fsp3) is 0.0455. The lowest BCUT2D eigenvalue weighted by Crippen LogP contribution is -2.03. The molecule has 0 radical (unpaired) electrons. The first-order chi connectivity index (χ1) is 12.5. The normalized spacial score (nSPS) is 10.8. The van der Waals surface area contributed by atoms with Gasteiger partial charge in [-0.05, 0) is 54.4 Å². The summed E-state index contributed by atoms with van der Waals surface area (Å²) in [4.78, 5) is 11.5. The average molecular weight is 347 g/mol. The maximum Gasteiger partial charge on any atom is 0.337 e. The highest BCUT2D eigenvalue weighted by atomic mass is 19.1. The summed E-state index contributed by atoms with van der Waals surface area (Å²) in [5.41, 5.74) is 4.34. The van der Waals surface area contributed by atoms with E-state index in [2.05, 4.69) is 5.32 Å². The summed E-state index contributed by atoms with van der Waals surface area (Å²) in [5, 5.41) is 12.4.